The molecule has 24 heavy (non-hydrogen) atoms. The fourth-order valence-electron chi connectivity index (χ4n) is 3.77. The highest BCUT2D eigenvalue weighted by Gasteiger charge is 2.47. The first-order valence-electron chi connectivity index (χ1n) is 8.48. The molecule has 134 valence electrons. The summed E-state index contributed by atoms with van der Waals surface area (Å²) in [6.07, 6.45) is 4.99. The molecule has 1 N–H and O–H groups in total. The van der Waals surface area contributed by atoms with E-state index in [1.54, 1.807) is 15.8 Å². The van der Waals surface area contributed by atoms with Crippen LogP contribution in [0.1, 0.15) is 25.7 Å². The molecule has 1 aromatic rings. The van der Waals surface area contributed by atoms with Crippen molar-refractivity contribution in [2.24, 2.45) is 0 Å². The van der Waals surface area contributed by atoms with E-state index in [0.29, 0.717) is 38.9 Å². The Morgan fingerprint density at radius 2 is 2.08 bits per heavy atom. The fraction of sp³-hybridized carbons (Fsp3) is 0.750. The van der Waals surface area contributed by atoms with E-state index in [0.717, 1.165) is 0 Å². The van der Waals surface area contributed by atoms with Gasteiger partial charge in [0.05, 0.1) is 13.2 Å². The van der Waals surface area contributed by atoms with Crippen LogP contribution in [0.2, 0.25) is 0 Å². The van der Waals surface area contributed by atoms with Crippen LogP contribution in [0.25, 0.3) is 0 Å². The van der Waals surface area contributed by atoms with Crippen molar-refractivity contribution in [1.82, 2.24) is 19.6 Å². The highest BCUT2D eigenvalue weighted by atomic mass is 19.3. The second-order valence-electron chi connectivity index (χ2n) is 6.70. The minimum Gasteiger partial charge on any atom is -0.395 e. The van der Waals surface area contributed by atoms with Gasteiger partial charge in [-0.1, -0.05) is 0 Å². The van der Waals surface area contributed by atoms with Crippen LogP contribution in [0.4, 0.5) is 8.78 Å². The number of rotatable bonds is 5. The summed E-state index contributed by atoms with van der Waals surface area (Å²) in [6, 6.07) is 1.37. The van der Waals surface area contributed by atoms with Gasteiger partial charge in [-0.2, -0.15) is 5.10 Å². The van der Waals surface area contributed by atoms with Crippen LogP contribution in [0.15, 0.2) is 18.5 Å². The largest absolute Gasteiger partial charge is 0.395 e. The lowest BCUT2D eigenvalue weighted by atomic mass is 10.0. The van der Waals surface area contributed by atoms with Gasteiger partial charge in [0.1, 0.15) is 0 Å². The van der Waals surface area contributed by atoms with E-state index in [-0.39, 0.29) is 31.5 Å². The molecule has 2 aliphatic rings. The summed E-state index contributed by atoms with van der Waals surface area (Å²) in [4.78, 5) is 15.8. The van der Waals surface area contributed by atoms with E-state index < -0.39 is 12.0 Å². The number of halogens is 2. The Balaban J connectivity index is 1.47. The van der Waals surface area contributed by atoms with Crippen molar-refractivity contribution >= 4 is 5.91 Å². The summed E-state index contributed by atoms with van der Waals surface area (Å²) < 4.78 is 28.9. The van der Waals surface area contributed by atoms with Gasteiger partial charge in [-0.15, -0.1) is 0 Å². The number of aromatic nitrogens is 2. The highest BCUT2D eigenvalue weighted by Crippen LogP contribution is 2.35. The standard InChI is InChI=1S/C16H24F2N4O2/c17-16(18)10-14(11-23)22(12-16)13-2-7-20(8-3-13)15(24)4-9-21-6-1-5-19-21/h1,5-6,13-14,23H,2-4,7-12H2/t14-/m0/s1. The van der Waals surface area contributed by atoms with Gasteiger partial charge in [-0.3, -0.25) is 14.4 Å². The van der Waals surface area contributed by atoms with Gasteiger partial charge in [0, 0.05) is 57.0 Å². The number of aryl methyl sites for hydroxylation is 1. The number of likely N-dealkylation sites (tertiary alicyclic amines) is 2. The summed E-state index contributed by atoms with van der Waals surface area (Å²) >= 11 is 0. The van der Waals surface area contributed by atoms with Crippen molar-refractivity contribution in [3.8, 4) is 0 Å². The van der Waals surface area contributed by atoms with Gasteiger partial charge in [-0.25, -0.2) is 8.78 Å². The fourth-order valence-corrected chi connectivity index (χ4v) is 3.77. The Bertz CT molecular complexity index is 544. The number of carbonyl (C=O) groups is 1. The van der Waals surface area contributed by atoms with Crippen LogP contribution >= 0.6 is 0 Å². The molecule has 1 atom stereocenters. The molecule has 0 unspecified atom stereocenters. The quantitative estimate of drug-likeness (QED) is 0.866. The zero-order chi connectivity index (χ0) is 17.2. The highest BCUT2D eigenvalue weighted by molar-refractivity contribution is 5.76. The molecule has 2 saturated heterocycles. The van der Waals surface area contributed by atoms with E-state index in [1.165, 1.54) is 0 Å². The number of hydrogen-bond donors (Lipinski definition) is 1. The molecule has 0 bridgehead atoms. The van der Waals surface area contributed by atoms with Crippen LogP contribution in [0.3, 0.4) is 0 Å². The predicted molar refractivity (Wildman–Crippen MR) is 83.6 cm³/mol. The molecule has 0 saturated carbocycles. The van der Waals surface area contributed by atoms with Crippen molar-refractivity contribution in [3.05, 3.63) is 18.5 Å². The average molecular weight is 342 g/mol. The van der Waals surface area contributed by atoms with Crippen LogP contribution in [0.5, 0.6) is 0 Å². The summed E-state index contributed by atoms with van der Waals surface area (Å²) in [7, 11) is 0. The molecule has 0 aliphatic carbocycles. The molecule has 0 aromatic carbocycles. The molecular weight excluding hydrogens is 318 g/mol. The van der Waals surface area contributed by atoms with Crippen LogP contribution in [-0.2, 0) is 11.3 Å². The third-order valence-corrected chi connectivity index (χ3v) is 5.03. The topological polar surface area (TPSA) is 61.6 Å². The van der Waals surface area contributed by atoms with E-state index in [2.05, 4.69) is 5.10 Å². The Morgan fingerprint density at radius 1 is 1.33 bits per heavy atom. The predicted octanol–water partition coefficient (Wildman–Crippen LogP) is 0.966. The van der Waals surface area contributed by atoms with Crippen molar-refractivity contribution in [2.45, 2.75) is 50.2 Å². The molecular formula is C16H24F2N4O2. The maximum absolute atomic E-state index is 13.6. The molecule has 0 radical (unpaired) electrons. The lowest BCUT2D eigenvalue weighted by Gasteiger charge is -2.38. The minimum absolute atomic E-state index is 0.0192. The third kappa shape index (κ3) is 3.92. The van der Waals surface area contributed by atoms with Crippen LogP contribution < -0.4 is 0 Å². The van der Waals surface area contributed by atoms with Crippen LogP contribution in [0, 0.1) is 0 Å². The monoisotopic (exact) mass is 342 g/mol. The second kappa shape index (κ2) is 7.14. The lowest BCUT2D eigenvalue weighted by molar-refractivity contribution is -0.133. The first-order valence-corrected chi connectivity index (χ1v) is 8.48. The van der Waals surface area contributed by atoms with Gasteiger partial charge in [0.2, 0.25) is 5.91 Å². The third-order valence-electron chi connectivity index (χ3n) is 5.03. The number of hydrogen-bond acceptors (Lipinski definition) is 4. The lowest BCUT2D eigenvalue weighted by Crippen LogP contribution is -2.49. The molecule has 0 spiro atoms. The number of amides is 1. The molecule has 2 aliphatic heterocycles. The normalized spacial score (nSPS) is 25.3. The summed E-state index contributed by atoms with van der Waals surface area (Å²) in [6.45, 7) is 1.21. The van der Waals surface area contributed by atoms with Gasteiger partial charge in [-0.05, 0) is 18.9 Å². The first-order chi connectivity index (χ1) is 11.5. The Kier molecular flexibility index (Phi) is 5.15. The summed E-state index contributed by atoms with van der Waals surface area (Å²) in [5.41, 5.74) is 0. The first kappa shape index (κ1) is 17.3. The Morgan fingerprint density at radius 3 is 2.71 bits per heavy atom. The van der Waals surface area contributed by atoms with E-state index in [9.17, 15) is 18.7 Å². The van der Waals surface area contributed by atoms with Crippen molar-refractivity contribution < 1.29 is 18.7 Å². The smallest absolute Gasteiger partial charge is 0.262 e. The molecule has 1 aromatic heterocycles. The zero-order valence-corrected chi connectivity index (χ0v) is 13.7. The van der Waals surface area contributed by atoms with Crippen molar-refractivity contribution in [3.63, 3.8) is 0 Å². The number of nitrogens with zero attached hydrogens (tertiary/aromatic N) is 4. The number of aliphatic hydroxyl groups is 1. The molecule has 2 fully saturated rings. The maximum Gasteiger partial charge on any atom is 0.262 e. The molecule has 8 heteroatoms. The molecule has 1 amide bonds. The Hall–Kier alpha value is -1.54. The van der Waals surface area contributed by atoms with Crippen LogP contribution in [-0.4, -0.2) is 74.8 Å². The van der Waals surface area contributed by atoms with E-state index >= 15 is 0 Å². The summed E-state index contributed by atoms with van der Waals surface area (Å²) in [5.74, 6) is -2.64. The van der Waals surface area contributed by atoms with Crippen molar-refractivity contribution in [1.29, 1.82) is 0 Å². The average Bonchev–Trinajstić information content (AvgIpc) is 3.19. The van der Waals surface area contributed by atoms with E-state index in [1.807, 2.05) is 17.2 Å². The number of piperidine rings is 1. The molecule has 3 rings (SSSR count). The molecule has 6 nitrogen and oxygen atoms in total. The zero-order valence-electron chi connectivity index (χ0n) is 13.7. The number of aliphatic hydroxyl groups excluding tert-OH is 1. The second-order valence-corrected chi connectivity index (χ2v) is 6.70. The molecule has 3 heterocycles. The summed E-state index contributed by atoms with van der Waals surface area (Å²) in [5, 5.41) is 13.4. The van der Waals surface area contributed by atoms with Gasteiger partial charge >= 0.3 is 0 Å². The maximum atomic E-state index is 13.6. The van der Waals surface area contributed by atoms with Gasteiger partial charge < -0.3 is 10.0 Å². The van der Waals surface area contributed by atoms with Gasteiger partial charge in [0.15, 0.2) is 0 Å². The Labute approximate surface area is 140 Å². The van der Waals surface area contributed by atoms with Crippen molar-refractivity contribution in [2.75, 3.05) is 26.2 Å². The number of carbonyl (C=O) groups excluding carboxylic acids is 1. The SMILES string of the molecule is O=C(CCn1cccn1)N1CCC(N2CC(F)(F)C[C@H]2CO)CC1. The van der Waals surface area contributed by atoms with Gasteiger partial charge in [0.25, 0.3) is 5.92 Å². The van der Waals surface area contributed by atoms with E-state index in [4.69, 9.17) is 0 Å². The minimum atomic E-state index is -2.72. The number of alkyl halides is 2.